The number of rotatable bonds is 5. The molecule has 6 nitrogen and oxygen atoms in total. The highest BCUT2D eigenvalue weighted by atomic mass is 79.9. The van der Waals surface area contributed by atoms with Gasteiger partial charge in [0.15, 0.2) is 5.58 Å². The van der Waals surface area contributed by atoms with E-state index in [4.69, 9.17) is 4.42 Å². The summed E-state index contributed by atoms with van der Waals surface area (Å²) in [6, 6.07) is 28.8. The Morgan fingerprint density at radius 1 is 0.706 bits per heavy atom. The third-order valence-corrected chi connectivity index (χ3v) is 5.90. The Bertz CT molecular complexity index is 1460. The molecule has 2 N–H and O–H groups in total. The fraction of sp³-hybridized carbons (Fsp3) is 0. The summed E-state index contributed by atoms with van der Waals surface area (Å²) < 4.78 is 6.50. The van der Waals surface area contributed by atoms with Crippen LogP contribution in [-0.4, -0.2) is 16.8 Å². The van der Waals surface area contributed by atoms with Crippen LogP contribution in [0.1, 0.15) is 20.7 Å². The lowest BCUT2D eigenvalue weighted by atomic mass is 10.1. The highest BCUT2D eigenvalue weighted by Gasteiger charge is 2.12. The van der Waals surface area contributed by atoms with Crippen LogP contribution in [0, 0.1) is 0 Å². The molecule has 7 heteroatoms. The van der Waals surface area contributed by atoms with Crippen LogP contribution < -0.4 is 10.6 Å². The number of oxazole rings is 1. The first-order valence-corrected chi connectivity index (χ1v) is 11.3. The maximum absolute atomic E-state index is 12.7. The highest BCUT2D eigenvalue weighted by molar-refractivity contribution is 9.10. The van der Waals surface area contributed by atoms with Crippen molar-refractivity contribution < 1.29 is 14.0 Å². The van der Waals surface area contributed by atoms with Crippen LogP contribution in [0.25, 0.3) is 22.6 Å². The number of hydrogen-bond acceptors (Lipinski definition) is 4. The molecule has 0 atom stereocenters. The first-order valence-electron chi connectivity index (χ1n) is 10.5. The van der Waals surface area contributed by atoms with Crippen molar-refractivity contribution in [2.75, 3.05) is 10.6 Å². The number of fused-ring (bicyclic) bond motifs is 1. The summed E-state index contributed by atoms with van der Waals surface area (Å²) in [5, 5.41) is 5.70. The number of carbonyl (C=O) groups is 2. The molecule has 0 bridgehead atoms. The van der Waals surface area contributed by atoms with Crippen molar-refractivity contribution in [3.05, 3.63) is 113 Å². The average Bonchev–Trinajstić information content (AvgIpc) is 3.29. The van der Waals surface area contributed by atoms with Crippen LogP contribution in [0.2, 0.25) is 0 Å². The zero-order valence-electron chi connectivity index (χ0n) is 17.8. The molecule has 34 heavy (non-hydrogen) atoms. The van der Waals surface area contributed by atoms with Gasteiger partial charge in [-0.3, -0.25) is 9.59 Å². The van der Waals surface area contributed by atoms with Gasteiger partial charge in [0.05, 0.1) is 5.56 Å². The zero-order chi connectivity index (χ0) is 23.5. The van der Waals surface area contributed by atoms with Crippen LogP contribution in [0.5, 0.6) is 0 Å². The van der Waals surface area contributed by atoms with E-state index in [0.717, 1.165) is 16.7 Å². The van der Waals surface area contributed by atoms with Crippen molar-refractivity contribution in [1.29, 1.82) is 0 Å². The minimum atomic E-state index is -0.252. The van der Waals surface area contributed by atoms with Crippen molar-refractivity contribution in [2.24, 2.45) is 0 Å². The van der Waals surface area contributed by atoms with Gasteiger partial charge in [-0.05, 0) is 88.7 Å². The number of amides is 2. The number of carbonyl (C=O) groups excluding carboxylic acids is 2. The summed E-state index contributed by atoms with van der Waals surface area (Å²) in [6.07, 6.45) is 0. The molecule has 0 radical (unpaired) electrons. The standard InChI is InChI=1S/C27H18BrN3O3/c28-22-6-2-1-5-21(22)26(33)30-20-13-9-17(10-14-20)25(32)29-19-15-11-18(12-16-19)27-31-23-7-3-4-8-24(23)34-27/h1-16H,(H,29,32)(H,30,33). The molecule has 2 amide bonds. The molecule has 0 saturated heterocycles. The topological polar surface area (TPSA) is 84.2 Å². The Morgan fingerprint density at radius 2 is 1.32 bits per heavy atom. The van der Waals surface area contributed by atoms with E-state index in [2.05, 4.69) is 31.5 Å². The second-order valence-corrected chi connectivity index (χ2v) is 8.38. The third kappa shape index (κ3) is 4.60. The zero-order valence-corrected chi connectivity index (χ0v) is 19.4. The van der Waals surface area contributed by atoms with Crippen LogP contribution >= 0.6 is 15.9 Å². The molecule has 0 fully saturated rings. The molecule has 0 saturated carbocycles. The van der Waals surface area contributed by atoms with Crippen LogP contribution in [-0.2, 0) is 0 Å². The summed E-state index contributed by atoms with van der Waals surface area (Å²) in [6.45, 7) is 0. The molecule has 1 aromatic heterocycles. The maximum atomic E-state index is 12.7. The van der Waals surface area contributed by atoms with Crippen molar-refractivity contribution in [1.82, 2.24) is 4.98 Å². The molecular weight excluding hydrogens is 494 g/mol. The van der Waals surface area contributed by atoms with Gasteiger partial charge < -0.3 is 15.1 Å². The van der Waals surface area contributed by atoms with Crippen molar-refractivity contribution >= 4 is 50.2 Å². The monoisotopic (exact) mass is 511 g/mol. The second-order valence-electron chi connectivity index (χ2n) is 7.53. The highest BCUT2D eigenvalue weighted by Crippen LogP contribution is 2.25. The van der Waals surface area contributed by atoms with E-state index in [1.54, 1.807) is 48.5 Å². The number of hydrogen-bond donors (Lipinski definition) is 2. The fourth-order valence-electron chi connectivity index (χ4n) is 3.44. The predicted molar refractivity (Wildman–Crippen MR) is 136 cm³/mol. The second kappa shape index (κ2) is 9.33. The molecular formula is C27H18BrN3O3. The molecule has 0 aliphatic carbocycles. The lowest BCUT2D eigenvalue weighted by Crippen LogP contribution is -2.14. The number of anilines is 2. The summed E-state index contributed by atoms with van der Waals surface area (Å²) in [5.41, 5.74) is 4.60. The molecule has 0 aliphatic rings. The van der Waals surface area contributed by atoms with Gasteiger partial charge in [0.1, 0.15) is 5.52 Å². The number of nitrogens with one attached hydrogen (secondary N) is 2. The van der Waals surface area contributed by atoms with Crippen LogP contribution in [0.15, 0.2) is 106 Å². The van der Waals surface area contributed by atoms with E-state index in [0.29, 0.717) is 32.9 Å². The smallest absolute Gasteiger partial charge is 0.256 e. The normalized spacial score (nSPS) is 10.7. The summed E-state index contributed by atoms with van der Waals surface area (Å²) >= 11 is 3.38. The van der Waals surface area contributed by atoms with Crippen LogP contribution in [0.4, 0.5) is 11.4 Å². The Kier molecular flexibility index (Phi) is 5.93. The first kappa shape index (κ1) is 21.6. The summed E-state index contributed by atoms with van der Waals surface area (Å²) in [4.78, 5) is 29.6. The van der Waals surface area contributed by atoms with E-state index in [-0.39, 0.29) is 11.8 Å². The van der Waals surface area contributed by atoms with Gasteiger partial charge in [-0.2, -0.15) is 0 Å². The van der Waals surface area contributed by atoms with E-state index in [9.17, 15) is 9.59 Å². The van der Waals surface area contributed by atoms with Crippen molar-refractivity contribution in [3.63, 3.8) is 0 Å². The molecule has 166 valence electrons. The molecule has 0 unspecified atom stereocenters. The molecule has 4 aromatic carbocycles. The van der Waals surface area contributed by atoms with Gasteiger partial charge >= 0.3 is 0 Å². The lowest BCUT2D eigenvalue weighted by Gasteiger charge is -2.09. The third-order valence-electron chi connectivity index (χ3n) is 5.21. The van der Waals surface area contributed by atoms with Crippen molar-refractivity contribution in [3.8, 4) is 11.5 Å². The average molecular weight is 512 g/mol. The number of para-hydroxylation sites is 2. The van der Waals surface area contributed by atoms with E-state index in [1.165, 1.54) is 0 Å². The molecule has 5 rings (SSSR count). The Labute approximate surface area is 203 Å². The van der Waals surface area contributed by atoms with Gasteiger partial charge in [0.2, 0.25) is 5.89 Å². The van der Waals surface area contributed by atoms with E-state index in [1.807, 2.05) is 48.5 Å². The molecule has 0 aliphatic heterocycles. The van der Waals surface area contributed by atoms with Gasteiger partial charge in [0, 0.05) is 27.0 Å². The van der Waals surface area contributed by atoms with E-state index < -0.39 is 0 Å². The summed E-state index contributed by atoms with van der Waals surface area (Å²) in [7, 11) is 0. The number of benzene rings is 4. The Morgan fingerprint density at radius 3 is 2.03 bits per heavy atom. The van der Waals surface area contributed by atoms with Gasteiger partial charge in [-0.1, -0.05) is 24.3 Å². The molecule has 0 spiro atoms. The number of nitrogens with zero attached hydrogens (tertiary/aromatic N) is 1. The fourth-order valence-corrected chi connectivity index (χ4v) is 3.91. The molecule has 5 aromatic rings. The van der Waals surface area contributed by atoms with Gasteiger partial charge in [0.25, 0.3) is 11.8 Å². The minimum absolute atomic E-state index is 0.233. The van der Waals surface area contributed by atoms with Gasteiger partial charge in [-0.25, -0.2) is 4.98 Å². The number of aromatic nitrogens is 1. The largest absolute Gasteiger partial charge is 0.436 e. The SMILES string of the molecule is O=C(Nc1ccc(-c2nc3ccccc3o2)cc1)c1ccc(NC(=O)c2ccccc2Br)cc1. The number of halogens is 1. The lowest BCUT2D eigenvalue weighted by molar-refractivity contribution is 0.101. The quantitative estimate of drug-likeness (QED) is 0.273. The maximum Gasteiger partial charge on any atom is 0.256 e. The Balaban J connectivity index is 1.23. The van der Waals surface area contributed by atoms with Gasteiger partial charge in [-0.15, -0.1) is 0 Å². The Hall–Kier alpha value is -4.23. The minimum Gasteiger partial charge on any atom is -0.436 e. The van der Waals surface area contributed by atoms with Crippen LogP contribution in [0.3, 0.4) is 0 Å². The van der Waals surface area contributed by atoms with Crippen molar-refractivity contribution in [2.45, 2.75) is 0 Å². The first-order chi connectivity index (χ1) is 16.6. The predicted octanol–water partition coefficient (Wildman–Crippen LogP) is 6.76. The summed E-state index contributed by atoms with van der Waals surface area (Å²) in [5.74, 6) is 0.0428. The van der Waals surface area contributed by atoms with E-state index >= 15 is 0 Å². The molecule has 1 heterocycles.